The number of benzene rings is 2. The van der Waals surface area contributed by atoms with Gasteiger partial charge in [0.25, 0.3) is 0 Å². The van der Waals surface area contributed by atoms with Gasteiger partial charge in [0.2, 0.25) is 0 Å². The van der Waals surface area contributed by atoms with Crippen molar-refractivity contribution in [1.82, 2.24) is 0 Å². The van der Waals surface area contributed by atoms with Crippen LogP contribution >= 0.6 is 0 Å². The quantitative estimate of drug-likeness (QED) is 0.852. The van der Waals surface area contributed by atoms with Crippen molar-refractivity contribution in [2.24, 2.45) is 0 Å². The third-order valence-electron chi connectivity index (χ3n) is 3.56. The summed E-state index contributed by atoms with van der Waals surface area (Å²) >= 11 is 0. The van der Waals surface area contributed by atoms with Crippen LogP contribution in [0.15, 0.2) is 42.5 Å². The van der Waals surface area contributed by atoms with Crippen LogP contribution in [0.4, 0.5) is 5.69 Å². The Morgan fingerprint density at radius 1 is 1.00 bits per heavy atom. The Kier molecular flexibility index (Phi) is 5.19. The fourth-order valence-corrected chi connectivity index (χ4v) is 2.36. The lowest BCUT2D eigenvalue weighted by molar-refractivity contribution is 0.202. The zero-order chi connectivity index (χ0) is 14.4. The molecule has 2 aromatic rings. The highest BCUT2D eigenvalue weighted by atomic mass is 16.5. The van der Waals surface area contributed by atoms with Gasteiger partial charge in [-0.15, -0.1) is 0 Å². The summed E-state index contributed by atoms with van der Waals surface area (Å²) in [4.78, 5) is 0. The summed E-state index contributed by atoms with van der Waals surface area (Å²) in [5.74, 6) is 0. The second-order valence-corrected chi connectivity index (χ2v) is 5.18. The number of aryl methyl sites for hydroxylation is 2. The lowest BCUT2D eigenvalue weighted by Crippen LogP contribution is -2.05. The molecule has 2 heteroatoms. The molecule has 0 aromatic heterocycles. The first kappa shape index (κ1) is 14.6. The van der Waals surface area contributed by atoms with Crippen molar-refractivity contribution in [3.8, 4) is 0 Å². The van der Waals surface area contributed by atoms with Crippen molar-refractivity contribution in [3.05, 3.63) is 64.7 Å². The average Bonchev–Trinajstić information content (AvgIpc) is 2.45. The molecule has 0 aliphatic heterocycles. The van der Waals surface area contributed by atoms with Crippen LogP contribution in [-0.2, 0) is 17.7 Å². The summed E-state index contributed by atoms with van der Waals surface area (Å²) in [5, 5.41) is 3.54. The summed E-state index contributed by atoms with van der Waals surface area (Å²) in [7, 11) is 1.74. The summed E-state index contributed by atoms with van der Waals surface area (Å²) in [6.45, 7) is 5.91. The van der Waals surface area contributed by atoms with Gasteiger partial charge < -0.3 is 10.1 Å². The number of methoxy groups -OCH3 is 1. The van der Waals surface area contributed by atoms with Gasteiger partial charge in [-0.1, -0.05) is 42.0 Å². The molecule has 0 saturated heterocycles. The van der Waals surface area contributed by atoms with E-state index in [0.29, 0.717) is 0 Å². The zero-order valence-electron chi connectivity index (χ0n) is 12.6. The van der Waals surface area contributed by atoms with Crippen LogP contribution < -0.4 is 5.32 Å². The first-order valence-corrected chi connectivity index (χ1v) is 7.07. The summed E-state index contributed by atoms with van der Waals surface area (Å²) < 4.78 is 5.17. The van der Waals surface area contributed by atoms with E-state index in [9.17, 15) is 0 Å². The Morgan fingerprint density at radius 2 is 1.80 bits per heavy atom. The molecule has 0 aliphatic rings. The molecule has 0 fully saturated rings. The number of ether oxygens (including phenoxy) is 1. The van der Waals surface area contributed by atoms with Crippen LogP contribution in [0.1, 0.15) is 22.3 Å². The highest BCUT2D eigenvalue weighted by Gasteiger charge is 2.03. The molecule has 2 nitrogen and oxygen atoms in total. The molecular weight excluding hydrogens is 246 g/mol. The first-order chi connectivity index (χ1) is 9.70. The van der Waals surface area contributed by atoms with Crippen molar-refractivity contribution in [2.45, 2.75) is 26.8 Å². The average molecular weight is 269 g/mol. The minimum Gasteiger partial charge on any atom is -0.384 e. The molecule has 2 aromatic carbocycles. The lowest BCUT2D eigenvalue weighted by Gasteiger charge is -2.13. The fourth-order valence-electron chi connectivity index (χ4n) is 2.36. The van der Waals surface area contributed by atoms with E-state index in [1.165, 1.54) is 27.9 Å². The largest absolute Gasteiger partial charge is 0.384 e. The van der Waals surface area contributed by atoms with Crippen LogP contribution in [0.5, 0.6) is 0 Å². The maximum absolute atomic E-state index is 5.17. The molecule has 0 heterocycles. The van der Waals surface area contributed by atoms with Gasteiger partial charge in [0.05, 0.1) is 6.61 Å². The molecule has 2 rings (SSSR count). The molecule has 0 saturated carbocycles. The Labute approximate surface area is 121 Å². The number of para-hydroxylation sites is 1. The Morgan fingerprint density at radius 3 is 2.55 bits per heavy atom. The molecule has 106 valence electrons. The topological polar surface area (TPSA) is 21.3 Å². The predicted octanol–water partition coefficient (Wildman–Crippen LogP) is 4.10. The third-order valence-corrected chi connectivity index (χ3v) is 3.56. The van der Waals surface area contributed by atoms with Gasteiger partial charge in [-0.2, -0.15) is 0 Å². The highest BCUT2D eigenvalue weighted by Crippen LogP contribution is 2.18. The monoisotopic (exact) mass is 269 g/mol. The molecule has 0 spiro atoms. The maximum atomic E-state index is 5.17. The fraction of sp³-hybridized carbons (Fsp3) is 0.333. The number of anilines is 1. The Bertz CT molecular complexity index is 563. The highest BCUT2D eigenvalue weighted by molar-refractivity contribution is 5.52. The van der Waals surface area contributed by atoms with E-state index >= 15 is 0 Å². The second-order valence-electron chi connectivity index (χ2n) is 5.18. The van der Waals surface area contributed by atoms with Crippen LogP contribution in [-0.4, -0.2) is 13.7 Å². The predicted molar refractivity (Wildman–Crippen MR) is 85.3 cm³/mol. The number of rotatable bonds is 6. The van der Waals surface area contributed by atoms with Gasteiger partial charge >= 0.3 is 0 Å². The van der Waals surface area contributed by atoms with E-state index in [4.69, 9.17) is 4.74 Å². The first-order valence-electron chi connectivity index (χ1n) is 7.07. The van der Waals surface area contributed by atoms with Crippen LogP contribution in [0, 0.1) is 13.8 Å². The number of nitrogens with one attached hydrogen (secondary N) is 1. The Balaban J connectivity index is 2.06. The molecule has 0 unspecified atom stereocenters. The third kappa shape index (κ3) is 3.84. The van der Waals surface area contributed by atoms with E-state index < -0.39 is 0 Å². The smallest absolute Gasteiger partial charge is 0.0503 e. The summed E-state index contributed by atoms with van der Waals surface area (Å²) in [6, 6.07) is 15.0. The molecule has 0 radical (unpaired) electrons. The van der Waals surface area contributed by atoms with Crippen LogP contribution in [0.3, 0.4) is 0 Å². The van der Waals surface area contributed by atoms with E-state index in [1.54, 1.807) is 7.11 Å². The van der Waals surface area contributed by atoms with Gasteiger partial charge in [0.1, 0.15) is 0 Å². The van der Waals surface area contributed by atoms with E-state index in [-0.39, 0.29) is 0 Å². The maximum Gasteiger partial charge on any atom is 0.0503 e. The van der Waals surface area contributed by atoms with Crippen LogP contribution in [0.2, 0.25) is 0 Å². The van der Waals surface area contributed by atoms with E-state index in [0.717, 1.165) is 19.6 Å². The standard InChI is InChI=1S/C18H23NO/c1-14-8-9-17(15(2)12-14)13-19-18-7-5-4-6-16(18)10-11-20-3/h4-9,12,19H,10-11,13H2,1-3H3. The number of hydrogen-bond acceptors (Lipinski definition) is 2. The molecule has 1 N–H and O–H groups in total. The normalized spacial score (nSPS) is 10.6. The van der Waals surface area contributed by atoms with Crippen LogP contribution in [0.25, 0.3) is 0 Å². The van der Waals surface area contributed by atoms with E-state index in [2.05, 4.69) is 61.6 Å². The van der Waals surface area contributed by atoms with Gasteiger partial charge in [-0.3, -0.25) is 0 Å². The van der Waals surface area contributed by atoms with Gasteiger partial charge in [0.15, 0.2) is 0 Å². The molecular formula is C18H23NO. The SMILES string of the molecule is COCCc1ccccc1NCc1ccc(C)cc1C. The van der Waals surface area contributed by atoms with Crippen molar-refractivity contribution in [1.29, 1.82) is 0 Å². The minimum atomic E-state index is 0.752. The van der Waals surface area contributed by atoms with Gasteiger partial charge in [-0.25, -0.2) is 0 Å². The Hall–Kier alpha value is -1.80. The van der Waals surface area contributed by atoms with Gasteiger partial charge in [-0.05, 0) is 43.0 Å². The molecule has 0 atom stereocenters. The summed E-state index contributed by atoms with van der Waals surface area (Å²) in [5.41, 5.74) is 6.50. The van der Waals surface area contributed by atoms with Crippen molar-refractivity contribution < 1.29 is 4.74 Å². The lowest BCUT2D eigenvalue weighted by atomic mass is 10.1. The number of hydrogen-bond donors (Lipinski definition) is 1. The molecule has 0 aliphatic carbocycles. The summed E-state index contributed by atoms with van der Waals surface area (Å²) in [6.07, 6.45) is 0.937. The van der Waals surface area contributed by atoms with Crippen molar-refractivity contribution in [3.63, 3.8) is 0 Å². The molecule has 20 heavy (non-hydrogen) atoms. The minimum absolute atomic E-state index is 0.752. The van der Waals surface area contributed by atoms with Gasteiger partial charge in [0, 0.05) is 19.3 Å². The molecule has 0 amide bonds. The molecule has 0 bridgehead atoms. The zero-order valence-corrected chi connectivity index (χ0v) is 12.6. The van der Waals surface area contributed by atoms with Crippen molar-refractivity contribution >= 4 is 5.69 Å². The second kappa shape index (κ2) is 7.11. The van der Waals surface area contributed by atoms with Crippen molar-refractivity contribution in [2.75, 3.05) is 19.0 Å². The van der Waals surface area contributed by atoms with E-state index in [1.807, 2.05) is 0 Å².